The number of nitrogens with one attached hydrogen (secondary N) is 1. The van der Waals surface area contributed by atoms with Crippen molar-refractivity contribution < 1.29 is 24.0 Å². The minimum absolute atomic E-state index is 0.121. The standard InChI is InChI=1S/C18H14Br2N2O6/c19-12-3-1-11(2-4-12)16(23)10-28-18(25)8-7-17(24)21-15-6-5-13(22(26)27)9-14(15)20/h1-6,9H,7-8,10H2,(H,21,24). The van der Waals surface area contributed by atoms with E-state index in [-0.39, 0.29) is 24.3 Å². The van der Waals surface area contributed by atoms with E-state index in [1.165, 1.54) is 18.2 Å². The Morgan fingerprint density at radius 2 is 1.71 bits per heavy atom. The maximum absolute atomic E-state index is 11.9. The third kappa shape index (κ3) is 6.54. The Kier molecular flexibility index (Phi) is 7.82. The summed E-state index contributed by atoms with van der Waals surface area (Å²) in [5.41, 5.74) is 0.634. The Morgan fingerprint density at radius 1 is 1.04 bits per heavy atom. The number of esters is 1. The van der Waals surface area contributed by atoms with Crippen molar-refractivity contribution in [1.82, 2.24) is 0 Å². The number of ether oxygens (including phenoxy) is 1. The summed E-state index contributed by atoms with van der Waals surface area (Å²) in [6.07, 6.45) is -0.362. The van der Waals surface area contributed by atoms with Gasteiger partial charge in [-0.15, -0.1) is 0 Å². The van der Waals surface area contributed by atoms with E-state index in [0.29, 0.717) is 15.7 Å². The number of amides is 1. The highest BCUT2D eigenvalue weighted by Crippen LogP contribution is 2.27. The van der Waals surface area contributed by atoms with E-state index < -0.39 is 23.4 Å². The van der Waals surface area contributed by atoms with Gasteiger partial charge in [-0.25, -0.2) is 0 Å². The third-order valence-corrected chi connectivity index (χ3v) is 4.71. The Hall–Kier alpha value is -2.59. The van der Waals surface area contributed by atoms with E-state index in [1.54, 1.807) is 24.3 Å². The van der Waals surface area contributed by atoms with Gasteiger partial charge in [-0.1, -0.05) is 28.1 Å². The first-order valence-corrected chi connectivity index (χ1v) is 9.53. The van der Waals surface area contributed by atoms with Gasteiger partial charge in [0.05, 0.1) is 17.0 Å². The first-order chi connectivity index (χ1) is 13.3. The van der Waals surface area contributed by atoms with Gasteiger partial charge in [-0.2, -0.15) is 0 Å². The first kappa shape index (κ1) is 21.7. The molecule has 0 heterocycles. The molecule has 28 heavy (non-hydrogen) atoms. The van der Waals surface area contributed by atoms with Crippen LogP contribution in [0.3, 0.4) is 0 Å². The van der Waals surface area contributed by atoms with Crippen LogP contribution in [0.2, 0.25) is 0 Å². The second kappa shape index (κ2) is 10.1. The molecule has 10 heteroatoms. The van der Waals surface area contributed by atoms with E-state index in [4.69, 9.17) is 4.74 Å². The molecule has 1 amide bonds. The number of non-ortho nitro benzene ring substituents is 1. The Bertz CT molecular complexity index is 915. The molecular formula is C18H14Br2N2O6. The zero-order valence-corrected chi connectivity index (χ0v) is 17.5. The van der Waals surface area contributed by atoms with Crippen LogP contribution in [-0.4, -0.2) is 29.2 Å². The number of nitro benzene ring substituents is 1. The zero-order valence-electron chi connectivity index (χ0n) is 14.3. The number of carbonyl (C=O) groups excluding carboxylic acids is 3. The van der Waals surface area contributed by atoms with Crippen LogP contribution >= 0.6 is 31.9 Å². The van der Waals surface area contributed by atoms with E-state index in [0.717, 1.165) is 4.47 Å². The fourth-order valence-corrected chi connectivity index (χ4v) is 2.81. The van der Waals surface area contributed by atoms with Crippen LogP contribution in [0.25, 0.3) is 0 Å². The van der Waals surface area contributed by atoms with Gasteiger partial charge in [0.25, 0.3) is 5.69 Å². The van der Waals surface area contributed by atoms with Gasteiger partial charge >= 0.3 is 5.97 Å². The second-order valence-electron chi connectivity index (χ2n) is 5.56. The molecule has 0 aromatic heterocycles. The van der Waals surface area contributed by atoms with Crippen LogP contribution in [0, 0.1) is 10.1 Å². The molecule has 0 fully saturated rings. The molecule has 0 aliphatic heterocycles. The molecule has 0 spiro atoms. The third-order valence-electron chi connectivity index (χ3n) is 3.52. The second-order valence-corrected chi connectivity index (χ2v) is 7.33. The molecule has 2 rings (SSSR count). The zero-order chi connectivity index (χ0) is 20.7. The van der Waals surface area contributed by atoms with Crippen molar-refractivity contribution in [3.63, 3.8) is 0 Å². The highest BCUT2D eigenvalue weighted by atomic mass is 79.9. The molecular weight excluding hydrogens is 500 g/mol. The van der Waals surface area contributed by atoms with E-state index in [9.17, 15) is 24.5 Å². The number of carbonyl (C=O) groups is 3. The lowest BCUT2D eigenvalue weighted by atomic mass is 10.1. The number of rotatable bonds is 8. The van der Waals surface area contributed by atoms with Gasteiger partial charge in [0, 0.05) is 33.1 Å². The summed E-state index contributed by atoms with van der Waals surface area (Å²) in [5.74, 6) is -1.49. The number of nitrogens with zero attached hydrogens (tertiary/aromatic N) is 1. The highest BCUT2D eigenvalue weighted by Gasteiger charge is 2.14. The molecule has 146 valence electrons. The van der Waals surface area contributed by atoms with Crippen molar-refractivity contribution in [1.29, 1.82) is 0 Å². The number of benzene rings is 2. The first-order valence-electron chi connectivity index (χ1n) is 7.94. The molecule has 2 aromatic rings. The molecule has 0 bridgehead atoms. The Labute approximate surface area is 176 Å². The number of hydrogen-bond acceptors (Lipinski definition) is 6. The summed E-state index contributed by atoms with van der Waals surface area (Å²) in [4.78, 5) is 45.7. The molecule has 0 unspecified atom stereocenters. The number of ketones is 1. The fraction of sp³-hybridized carbons (Fsp3) is 0.167. The fourth-order valence-electron chi connectivity index (χ4n) is 2.08. The smallest absolute Gasteiger partial charge is 0.306 e. The van der Waals surface area contributed by atoms with Crippen molar-refractivity contribution in [2.75, 3.05) is 11.9 Å². The summed E-state index contributed by atoms with van der Waals surface area (Å²) >= 11 is 6.40. The van der Waals surface area contributed by atoms with Crippen LogP contribution in [-0.2, 0) is 14.3 Å². The summed E-state index contributed by atoms with van der Waals surface area (Å²) in [6.45, 7) is -0.407. The van der Waals surface area contributed by atoms with Gasteiger partial charge in [0.15, 0.2) is 12.4 Å². The van der Waals surface area contributed by atoms with Crippen LogP contribution in [0.5, 0.6) is 0 Å². The molecule has 2 aromatic carbocycles. The number of Topliss-reactive ketones (excluding diaryl/α,β-unsaturated/α-hetero) is 1. The van der Waals surface area contributed by atoms with E-state index >= 15 is 0 Å². The van der Waals surface area contributed by atoms with Crippen LogP contribution in [0.1, 0.15) is 23.2 Å². The van der Waals surface area contributed by atoms with Crippen LogP contribution in [0.15, 0.2) is 51.4 Å². The average Bonchev–Trinajstić information content (AvgIpc) is 2.66. The van der Waals surface area contributed by atoms with Gasteiger partial charge in [-0.3, -0.25) is 24.5 Å². The van der Waals surface area contributed by atoms with Gasteiger partial charge in [0.1, 0.15) is 0 Å². The van der Waals surface area contributed by atoms with Crippen LogP contribution < -0.4 is 5.32 Å². The lowest BCUT2D eigenvalue weighted by Crippen LogP contribution is -2.17. The number of hydrogen-bond donors (Lipinski definition) is 1. The number of nitro groups is 1. The molecule has 8 nitrogen and oxygen atoms in total. The van der Waals surface area contributed by atoms with Crippen molar-refractivity contribution >= 4 is 60.9 Å². The van der Waals surface area contributed by atoms with Gasteiger partial charge < -0.3 is 10.1 Å². The minimum Gasteiger partial charge on any atom is -0.457 e. The minimum atomic E-state index is -0.677. The lowest BCUT2D eigenvalue weighted by molar-refractivity contribution is -0.384. The Balaban J connectivity index is 1.77. The lowest BCUT2D eigenvalue weighted by Gasteiger charge is -2.07. The molecule has 0 aliphatic carbocycles. The number of anilines is 1. The maximum atomic E-state index is 11.9. The van der Waals surface area contributed by atoms with Crippen molar-refractivity contribution in [3.8, 4) is 0 Å². The molecule has 0 aliphatic rings. The summed E-state index contributed by atoms with van der Waals surface area (Å²) in [7, 11) is 0. The largest absolute Gasteiger partial charge is 0.457 e. The molecule has 0 saturated carbocycles. The highest BCUT2D eigenvalue weighted by molar-refractivity contribution is 9.10. The molecule has 0 saturated heterocycles. The van der Waals surface area contributed by atoms with Gasteiger partial charge in [0.2, 0.25) is 5.91 Å². The van der Waals surface area contributed by atoms with Crippen molar-refractivity contribution in [2.45, 2.75) is 12.8 Å². The molecule has 0 radical (unpaired) electrons. The predicted molar refractivity (Wildman–Crippen MR) is 108 cm³/mol. The summed E-state index contributed by atoms with van der Waals surface area (Å²) < 4.78 is 6.06. The maximum Gasteiger partial charge on any atom is 0.306 e. The normalized spacial score (nSPS) is 10.2. The summed E-state index contributed by atoms with van der Waals surface area (Å²) in [6, 6.07) is 10.5. The SMILES string of the molecule is O=C(CCC(=O)OCC(=O)c1ccc(Br)cc1)Nc1ccc([N+](=O)[O-])cc1Br. The quantitative estimate of drug-likeness (QED) is 0.244. The average molecular weight is 514 g/mol. The number of halogens is 2. The monoisotopic (exact) mass is 512 g/mol. The van der Waals surface area contributed by atoms with E-state index in [1.807, 2.05) is 0 Å². The van der Waals surface area contributed by atoms with Crippen molar-refractivity contribution in [2.24, 2.45) is 0 Å². The molecule has 1 N–H and O–H groups in total. The Morgan fingerprint density at radius 3 is 2.32 bits per heavy atom. The van der Waals surface area contributed by atoms with Gasteiger partial charge in [-0.05, 0) is 34.1 Å². The van der Waals surface area contributed by atoms with Crippen LogP contribution in [0.4, 0.5) is 11.4 Å². The topological polar surface area (TPSA) is 116 Å². The van der Waals surface area contributed by atoms with Crippen molar-refractivity contribution in [3.05, 3.63) is 67.1 Å². The predicted octanol–water partition coefficient (Wildman–Crippen LogP) is 4.26. The molecule has 0 atom stereocenters. The summed E-state index contributed by atoms with van der Waals surface area (Å²) in [5, 5.41) is 13.2. The van der Waals surface area contributed by atoms with E-state index in [2.05, 4.69) is 37.2 Å².